The van der Waals surface area contributed by atoms with Crippen LogP contribution in [0.4, 0.5) is 5.69 Å². The summed E-state index contributed by atoms with van der Waals surface area (Å²) >= 11 is 1.54. The third-order valence-electron chi connectivity index (χ3n) is 1.73. The van der Waals surface area contributed by atoms with Crippen molar-refractivity contribution in [2.24, 2.45) is 0 Å². The first-order valence-electron chi connectivity index (χ1n) is 3.76. The van der Waals surface area contributed by atoms with E-state index >= 15 is 0 Å². The molecule has 0 aliphatic heterocycles. The van der Waals surface area contributed by atoms with Gasteiger partial charge in [0.05, 0.1) is 5.56 Å². The largest absolute Gasteiger partial charge is 0.478 e. The van der Waals surface area contributed by atoms with Gasteiger partial charge >= 0.3 is 5.97 Å². The van der Waals surface area contributed by atoms with Crippen molar-refractivity contribution in [2.45, 2.75) is 0 Å². The van der Waals surface area contributed by atoms with Gasteiger partial charge in [-0.15, -0.1) is 0 Å². The van der Waals surface area contributed by atoms with Crippen molar-refractivity contribution in [1.29, 1.82) is 0 Å². The number of nitrogens with zero attached hydrogens (tertiary/aromatic N) is 1. The second-order valence-electron chi connectivity index (χ2n) is 2.54. The highest BCUT2D eigenvalue weighted by Crippen LogP contribution is 2.19. The Labute approximate surface area is 81.5 Å². The van der Waals surface area contributed by atoms with Crippen molar-refractivity contribution in [3.8, 4) is 0 Å². The van der Waals surface area contributed by atoms with Crippen molar-refractivity contribution in [1.82, 2.24) is 0 Å². The number of aromatic carboxylic acids is 1. The van der Waals surface area contributed by atoms with Crippen LogP contribution in [0.25, 0.3) is 0 Å². The summed E-state index contributed by atoms with van der Waals surface area (Å²) in [6.45, 7) is 0. The van der Waals surface area contributed by atoms with E-state index in [0.717, 1.165) is 5.69 Å². The van der Waals surface area contributed by atoms with E-state index < -0.39 is 5.97 Å². The summed E-state index contributed by atoms with van der Waals surface area (Å²) in [4.78, 5) is 10.6. The van der Waals surface area contributed by atoms with Crippen LogP contribution in [0.15, 0.2) is 24.3 Å². The summed E-state index contributed by atoms with van der Waals surface area (Å²) in [5.41, 5.74) is 1.21. The molecule has 3 nitrogen and oxygen atoms in total. The van der Waals surface area contributed by atoms with E-state index in [1.807, 2.05) is 23.7 Å². The lowest BCUT2D eigenvalue weighted by atomic mass is 10.2. The average molecular weight is 197 g/mol. The fourth-order valence-corrected chi connectivity index (χ4v) is 1.26. The summed E-state index contributed by atoms with van der Waals surface area (Å²) < 4.78 is 1.91. The molecule has 0 saturated carbocycles. The molecule has 4 heteroatoms. The Kier molecular flexibility index (Phi) is 3.19. The molecule has 70 valence electrons. The molecule has 1 N–H and O–H groups in total. The van der Waals surface area contributed by atoms with Gasteiger partial charge in [-0.1, -0.05) is 18.0 Å². The van der Waals surface area contributed by atoms with Gasteiger partial charge in [-0.2, -0.15) is 0 Å². The number of rotatable bonds is 3. The van der Waals surface area contributed by atoms with Crippen molar-refractivity contribution < 1.29 is 9.90 Å². The number of anilines is 1. The summed E-state index contributed by atoms with van der Waals surface area (Å²) in [5.74, 6) is -0.892. The zero-order valence-electron chi connectivity index (χ0n) is 7.52. The number of benzene rings is 1. The first-order chi connectivity index (χ1) is 6.15. The van der Waals surface area contributed by atoms with Gasteiger partial charge in [0.25, 0.3) is 0 Å². The van der Waals surface area contributed by atoms with Gasteiger partial charge in [-0.3, -0.25) is 0 Å². The molecule has 1 rings (SSSR count). The van der Waals surface area contributed by atoms with Crippen LogP contribution in [0, 0.1) is 0 Å². The summed E-state index contributed by atoms with van der Waals surface area (Å²) in [6.07, 6.45) is 1.94. The predicted molar refractivity (Wildman–Crippen MR) is 55.3 cm³/mol. The van der Waals surface area contributed by atoms with Gasteiger partial charge in [-0.25, -0.2) is 4.79 Å². The third-order valence-corrected chi connectivity index (χ3v) is 2.49. The van der Waals surface area contributed by atoms with E-state index in [4.69, 9.17) is 5.11 Å². The van der Waals surface area contributed by atoms with E-state index in [1.54, 1.807) is 18.2 Å². The van der Waals surface area contributed by atoms with Crippen molar-refractivity contribution in [3.05, 3.63) is 29.8 Å². The quantitative estimate of drug-likeness (QED) is 0.753. The van der Waals surface area contributed by atoms with Crippen LogP contribution in [0.3, 0.4) is 0 Å². The van der Waals surface area contributed by atoms with Crippen LogP contribution in [-0.4, -0.2) is 24.4 Å². The fraction of sp³-hybridized carbons (Fsp3) is 0.222. The zero-order valence-corrected chi connectivity index (χ0v) is 8.34. The van der Waals surface area contributed by atoms with Crippen LogP contribution >= 0.6 is 11.9 Å². The molecule has 0 aromatic heterocycles. The van der Waals surface area contributed by atoms with Crippen molar-refractivity contribution in [3.63, 3.8) is 0 Å². The molecule has 0 fully saturated rings. The molecule has 0 spiro atoms. The molecule has 0 atom stereocenters. The lowest BCUT2D eigenvalue weighted by molar-refractivity contribution is 0.0697. The number of hydrogen-bond acceptors (Lipinski definition) is 3. The van der Waals surface area contributed by atoms with Gasteiger partial charge in [0.2, 0.25) is 0 Å². The van der Waals surface area contributed by atoms with Gasteiger partial charge in [0.1, 0.15) is 0 Å². The Morgan fingerprint density at radius 2 is 2.23 bits per heavy atom. The van der Waals surface area contributed by atoms with Crippen molar-refractivity contribution in [2.75, 3.05) is 17.6 Å². The molecular formula is C9H11NO2S. The number of hydrogen-bond donors (Lipinski definition) is 1. The Morgan fingerprint density at radius 1 is 1.54 bits per heavy atom. The van der Waals surface area contributed by atoms with Crippen LogP contribution in [-0.2, 0) is 0 Å². The first-order valence-corrected chi connectivity index (χ1v) is 4.94. The second kappa shape index (κ2) is 4.18. The highest BCUT2D eigenvalue weighted by Gasteiger charge is 2.04. The van der Waals surface area contributed by atoms with Crippen LogP contribution < -0.4 is 4.31 Å². The maximum atomic E-state index is 10.6. The van der Waals surface area contributed by atoms with Crippen LogP contribution in [0.5, 0.6) is 0 Å². The van der Waals surface area contributed by atoms with E-state index in [-0.39, 0.29) is 0 Å². The molecule has 0 radical (unpaired) electrons. The molecule has 0 bridgehead atoms. The number of carbonyl (C=O) groups is 1. The third kappa shape index (κ3) is 2.39. The minimum absolute atomic E-state index is 0.318. The molecule has 1 aromatic carbocycles. The molecule has 0 aliphatic rings. The van der Waals surface area contributed by atoms with E-state index in [1.165, 1.54) is 11.9 Å². The fourth-order valence-electron chi connectivity index (χ4n) is 0.940. The molecule has 13 heavy (non-hydrogen) atoms. The lowest BCUT2D eigenvalue weighted by Crippen LogP contribution is -2.06. The summed E-state index contributed by atoms with van der Waals surface area (Å²) in [5, 5.41) is 8.74. The van der Waals surface area contributed by atoms with Gasteiger partial charge < -0.3 is 9.41 Å². The monoisotopic (exact) mass is 197 g/mol. The highest BCUT2D eigenvalue weighted by molar-refractivity contribution is 7.99. The lowest BCUT2D eigenvalue weighted by Gasteiger charge is -2.15. The van der Waals surface area contributed by atoms with Crippen LogP contribution in [0.2, 0.25) is 0 Å². The second-order valence-corrected chi connectivity index (χ2v) is 3.45. The van der Waals surface area contributed by atoms with Gasteiger partial charge in [-0.05, 0) is 18.2 Å². The van der Waals surface area contributed by atoms with Gasteiger partial charge in [0.15, 0.2) is 0 Å². The Balaban J connectivity index is 2.98. The van der Waals surface area contributed by atoms with E-state index in [2.05, 4.69) is 0 Å². The van der Waals surface area contributed by atoms with E-state index in [9.17, 15) is 4.79 Å². The average Bonchev–Trinajstić information content (AvgIpc) is 2.17. The topological polar surface area (TPSA) is 40.5 Å². The molecule has 0 aliphatic carbocycles. The molecule has 0 amide bonds. The smallest absolute Gasteiger partial charge is 0.335 e. The Hall–Kier alpha value is -1.16. The van der Waals surface area contributed by atoms with Crippen LogP contribution in [0.1, 0.15) is 10.4 Å². The standard InChI is InChI=1S/C9H11NO2S/c1-10(13-2)8-5-3-4-7(6-8)9(11)12/h3-6H,1-2H3,(H,11,12). The maximum Gasteiger partial charge on any atom is 0.335 e. The number of carboxylic acid groups (broad SMARTS) is 1. The molecule has 1 aromatic rings. The minimum Gasteiger partial charge on any atom is -0.478 e. The summed E-state index contributed by atoms with van der Waals surface area (Å²) in [7, 11) is 1.89. The zero-order chi connectivity index (χ0) is 9.84. The predicted octanol–water partition coefficient (Wildman–Crippen LogP) is 2.10. The summed E-state index contributed by atoms with van der Waals surface area (Å²) in [6, 6.07) is 6.85. The minimum atomic E-state index is -0.892. The maximum absolute atomic E-state index is 10.6. The Bertz CT molecular complexity index is 314. The van der Waals surface area contributed by atoms with Crippen molar-refractivity contribution >= 4 is 23.6 Å². The number of carboxylic acids is 1. The van der Waals surface area contributed by atoms with Gasteiger partial charge in [0, 0.05) is 19.0 Å². The Morgan fingerprint density at radius 3 is 2.77 bits per heavy atom. The SMILES string of the molecule is CSN(C)c1cccc(C(=O)O)c1. The van der Waals surface area contributed by atoms with E-state index in [0.29, 0.717) is 5.56 Å². The molecule has 0 saturated heterocycles. The first kappa shape index (κ1) is 9.92. The molecule has 0 unspecified atom stereocenters. The normalized spacial score (nSPS) is 9.69. The highest BCUT2D eigenvalue weighted by atomic mass is 32.2. The molecular weight excluding hydrogens is 186 g/mol. The molecule has 0 heterocycles.